The van der Waals surface area contributed by atoms with Crippen molar-refractivity contribution in [3.8, 4) is 0 Å². The van der Waals surface area contributed by atoms with E-state index in [9.17, 15) is 14.9 Å². The van der Waals surface area contributed by atoms with Crippen LogP contribution in [0, 0.1) is 24.0 Å². The smallest absolute Gasteiger partial charge is 0.312 e. The summed E-state index contributed by atoms with van der Waals surface area (Å²) in [6.07, 6.45) is 0. The number of carbonyl (C=O) groups is 1. The SMILES string of the molecule is COC(=O)[C@@H](C)c1c(C)nn(Cc2cccc([N+](=O)[O-])c2)c1C. The predicted octanol–water partition coefficient (Wildman–Crippen LogP) is 2.73. The number of rotatable bonds is 5. The maximum absolute atomic E-state index is 11.8. The summed E-state index contributed by atoms with van der Waals surface area (Å²) in [4.78, 5) is 22.2. The van der Waals surface area contributed by atoms with E-state index in [1.54, 1.807) is 17.7 Å². The summed E-state index contributed by atoms with van der Waals surface area (Å²) in [6.45, 7) is 5.90. The minimum absolute atomic E-state index is 0.0483. The third-order valence-electron chi connectivity index (χ3n) is 3.88. The number of methoxy groups -OCH3 is 1. The number of nitro benzene ring substituents is 1. The summed E-state index contributed by atoms with van der Waals surface area (Å²) in [7, 11) is 1.36. The molecule has 0 aliphatic carbocycles. The fourth-order valence-corrected chi connectivity index (χ4v) is 2.73. The van der Waals surface area contributed by atoms with Crippen molar-refractivity contribution < 1.29 is 14.5 Å². The average Bonchev–Trinajstić information content (AvgIpc) is 2.80. The molecular formula is C16H19N3O4. The number of non-ortho nitro benzene ring substituents is 1. The summed E-state index contributed by atoms with van der Waals surface area (Å²) in [5.74, 6) is -0.718. The van der Waals surface area contributed by atoms with Gasteiger partial charge in [0.2, 0.25) is 0 Å². The van der Waals surface area contributed by atoms with Gasteiger partial charge >= 0.3 is 5.97 Å². The number of esters is 1. The van der Waals surface area contributed by atoms with Gasteiger partial charge in [-0.15, -0.1) is 0 Å². The van der Waals surface area contributed by atoms with E-state index in [0.717, 1.165) is 22.5 Å². The van der Waals surface area contributed by atoms with Gasteiger partial charge in [-0.2, -0.15) is 5.10 Å². The van der Waals surface area contributed by atoms with Crippen molar-refractivity contribution >= 4 is 11.7 Å². The highest BCUT2D eigenvalue weighted by Crippen LogP contribution is 2.25. The summed E-state index contributed by atoms with van der Waals surface area (Å²) < 4.78 is 6.55. The van der Waals surface area contributed by atoms with Gasteiger partial charge in [0, 0.05) is 23.4 Å². The lowest BCUT2D eigenvalue weighted by molar-refractivity contribution is -0.384. The molecule has 1 aromatic heterocycles. The third-order valence-corrected chi connectivity index (χ3v) is 3.88. The molecule has 1 heterocycles. The largest absolute Gasteiger partial charge is 0.469 e. The number of benzene rings is 1. The predicted molar refractivity (Wildman–Crippen MR) is 84.3 cm³/mol. The molecule has 2 rings (SSSR count). The van der Waals surface area contributed by atoms with Crippen molar-refractivity contribution in [3.05, 3.63) is 56.9 Å². The summed E-state index contributed by atoms with van der Waals surface area (Å²) in [5, 5.41) is 15.3. The zero-order chi connectivity index (χ0) is 17.1. The Balaban J connectivity index is 2.33. The van der Waals surface area contributed by atoms with E-state index in [2.05, 4.69) is 5.10 Å². The lowest BCUT2D eigenvalue weighted by Gasteiger charge is -2.10. The number of nitro groups is 1. The van der Waals surface area contributed by atoms with Crippen LogP contribution in [0.2, 0.25) is 0 Å². The van der Waals surface area contributed by atoms with Gasteiger partial charge in [-0.25, -0.2) is 0 Å². The molecule has 7 heteroatoms. The molecule has 122 valence electrons. The second kappa shape index (κ2) is 6.60. The molecule has 0 unspecified atom stereocenters. The number of hydrogen-bond donors (Lipinski definition) is 0. The Morgan fingerprint density at radius 1 is 1.43 bits per heavy atom. The first-order chi connectivity index (χ1) is 10.8. The van der Waals surface area contributed by atoms with Crippen LogP contribution in [0.4, 0.5) is 5.69 Å². The molecule has 23 heavy (non-hydrogen) atoms. The highest BCUT2D eigenvalue weighted by molar-refractivity contribution is 5.78. The quantitative estimate of drug-likeness (QED) is 0.481. The normalized spacial score (nSPS) is 12.0. The van der Waals surface area contributed by atoms with Crippen LogP contribution in [-0.4, -0.2) is 27.8 Å². The van der Waals surface area contributed by atoms with Crippen molar-refractivity contribution in [3.63, 3.8) is 0 Å². The van der Waals surface area contributed by atoms with Gasteiger partial charge in [0.05, 0.1) is 30.2 Å². The first-order valence-corrected chi connectivity index (χ1v) is 7.20. The van der Waals surface area contributed by atoms with Gasteiger partial charge < -0.3 is 4.74 Å². The van der Waals surface area contributed by atoms with Crippen LogP contribution in [0.3, 0.4) is 0 Å². The molecular weight excluding hydrogens is 298 g/mol. The maximum atomic E-state index is 11.8. The van der Waals surface area contributed by atoms with Gasteiger partial charge in [-0.05, 0) is 26.3 Å². The fraction of sp³-hybridized carbons (Fsp3) is 0.375. The fourth-order valence-electron chi connectivity index (χ4n) is 2.73. The Morgan fingerprint density at radius 3 is 2.74 bits per heavy atom. The molecule has 0 radical (unpaired) electrons. The molecule has 0 aliphatic heterocycles. The van der Waals surface area contributed by atoms with E-state index >= 15 is 0 Å². The molecule has 7 nitrogen and oxygen atoms in total. The molecule has 0 amide bonds. The second-order valence-corrected chi connectivity index (χ2v) is 5.41. The minimum atomic E-state index is -0.421. The van der Waals surface area contributed by atoms with E-state index in [-0.39, 0.29) is 11.7 Å². The lowest BCUT2D eigenvalue weighted by Crippen LogP contribution is -2.13. The number of aryl methyl sites for hydroxylation is 1. The molecule has 1 aromatic carbocycles. The van der Waals surface area contributed by atoms with Crippen LogP contribution < -0.4 is 0 Å². The molecule has 0 saturated heterocycles. The Morgan fingerprint density at radius 2 is 2.13 bits per heavy atom. The molecule has 0 N–H and O–H groups in total. The monoisotopic (exact) mass is 317 g/mol. The van der Waals surface area contributed by atoms with Crippen LogP contribution in [-0.2, 0) is 16.1 Å². The van der Waals surface area contributed by atoms with Crippen molar-refractivity contribution in [2.75, 3.05) is 7.11 Å². The minimum Gasteiger partial charge on any atom is -0.469 e. The van der Waals surface area contributed by atoms with Crippen molar-refractivity contribution in [2.24, 2.45) is 0 Å². The van der Waals surface area contributed by atoms with Gasteiger partial charge in [-0.3, -0.25) is 19.6 Å². The summed E-state index contributed by atoms with van der Waals surface area (Å²) in [5.41, 5.74) is 3.27. The van der Waals surface area contributed by atoms with Crippen LogP contribution in [0.15, 0.2) is 24.3 Å². The van der Waals surface area contributed by atoms with E-state index in [4.69, 9.17) is 4.74 Å². The maximum Gasteiger partial charge on any atom is 0.312 e. The lowest BCUT2D eigenvalue weighted by atomic mass is 9.99. The van der Waals surface area contributed by atoms with Crippen LogP contribution in [0.25, 0.3) is 0 Å². The zero-order valence-corrected chi connectivity index (χ0v) is 13.6. The summed E-state index contributed by atoms with van der Waals surface area (Å²) in [6, 6.07) is 6.44. The van der Waals surface area contributed by atoms with Crippen molar-refractivity contribution in [1.82, 2.24) is 9.78 Å². The topological polar surface area (TPSA) is 87.3 Å². The first kappa shape index (κ1) is 16.7. The first-order valence-electron chi connectivity index (χ1n) is 7.20. The molecule has 0 saturated carbocycles. The number of hydrogen-bond acceptors (Lipinski definition) is 5. The van der Waals surface area contributed by atoms with E-state index < -0.39 is 10.8 Å². The number of ether oxygens (including phenoxy) is 1. The van der Waals surface area contributed by atoms with E-state index in [0.29, 0.717) is 6.54 Å². The Bertz CT molecular complexity index is 752. The van der Waals surface area contributed by atoms with Gasteiger partial charge in [0.15, 0.2) is 0 Å². The standard InChI is InChI=1S/C16H19N3O4/c1-10(16(20)23-4)15-11(2)17-18(12(15)3)9-13-6-5-7-14(8-13)19(21)22/h5-8,10H,9H2,1-4H3/t10-/m0/s1. The third kappa shape index (κ3) is 3.39. The van der Waals surface area contributed by atoms with Crippen molar-refractivity contribution in [2.45, 2.75) is 33.2 Å². The molecule has 0 bridgehead atoms. The molecule has 2 aromatic rings. The summed E-state index contributed by atoms with van der Waals surface area (Å²) >= 11 is 0. The second-order valence-electron chi connectivity index (χ2n) is 5.41. The zero-order valence-electron chi connectivity index (χ0n) is 13.6. The van der Waals surface area contributed by atoms with E-state index in [1.807, 2.05) is 19.9 Å². The Kier molecular flexibility index (Phi) is 4.78. The number of aromatic nitrogens is 2. The van der Waals surface area contributed by atoms with Crippen LogP contribution in [0.5, 0.6) is 0 Å². The van der Waals surface area contributed by atoms with Crippen LogP contribution >= 0.6 is 0 Å². The highest BCUT2D eigenvalue weighted by atomic mass is 16.6. The molecule has 0 fully saturated rings. The van der Waals surface area contributed by atoms with Gasteiger partial charge in [0.25, 0.3) is 5.69 Å². The van der Waals surface area contributed by atoms with Crippen molar-refractivity contribution in [1.29, 1.82) is 0 Å². The number of nitrogens with zero attached hydrogens (tertiary/aromatic N) is 3. The Hall–Kier alpha value is -2.70. The average molecular weight is 317 g/mol. The number of carbonyl (C=O) groups excluding carboxylic acids is 1. The molecule has 0 spiro atoms. The van der Waals surface area contributed by atoms with Crippen LogP contribution in [0.1, 0.15) is 35.4 Å². The molecule has 1 atom stereocenters. The highest BCUT2D eigenvalue weighted by Gasteiger charge is 2.24. The molecule has 0 aliphatic rings. The van der Waals surface area contributed by atoms with Gasteiger partial charge in [0.1, 0.15) is 0 Å². The Labute approximate surface area is 134 Å². The van der Waals surface area contributed by atoms with Gasteiger partial charge in [-0.1, -0.05) is 12.1 Å². The van der Waals surface area contributed by atoms with E-state index in [1.165, 1.54) is 19.2 Å².